The number of hydrogen-bond donors (Lipinski definition) is 1. The summed E-state index contributed by atoms with van der Waals surface area (Å²) in [5, 5.41) is 0. The largest absolute Gasteiger partial charge is 0.468 e. The van der Waals surface area contributed by atoms with Crippen LogP contribution in [0.3, 0.4) is 0 Å². The molecule has 0 atom stereocenters. The van der Waals surface area contributed by atoms with Crippen molar-refractivity contribution in [2.24, 2.45) is 11.1 Å². The summed E-state index contributed by atoms with van der Waals surface area (Å²) in [6.45, 7) is 4.93. The Hall–Kier alpha value is -0.280. The molecule has 3 heteroatoms. The molecule has 0 amide bonds. The lowest BCUT2D eigenvalue weighted by molar-refractivity contribution is 0.339. The average Bonchev–Trinajstić information content (AvgIpc) is 2.35. The van der Waals surface area contributed by atoms with Crippen molar-refractivity contribution in [1.29, 1.82) is 0 Å². The fourth-order valence-corrected chi connectivity index (χ4v) is 1.34. The van der Waals surface area contributed by atoms with Gasteiger partial charge in [-0.25, -0.2) is 0 Å². The van der Waals surface area contributed by atoms with E-state index in [0.717, 1.165) is 16.7 Å². The molecule has 2 nitrogen and oxygen atoms in total. The quantitative estimate of drug-likeness (QED) is 0.869. The Morgan fingerprint density at radius 2 is 2.25 bits per heavy atom. The molecule has 0 unspecified atom stereocenters. The van der Waals surface area contributed by atoms with Crippen molar-refractivity contribution in [3.63, 3.8) is 0 Å². The zero-order valence-electron chi connectivity index (χ0n) is 7.43. The molecule has 1 aromatic rings. The van der Waals surface area contributed by atoms with Crippen molar-refractivity contribution in [1.82, 2.24) is 0 Å². The molecule has 0 bridgehead atoms. The van der Waals surface area contributed by atoms with Gasteiger partial charge in [0.15, 0.2) is 0 Å². The first-order valence-electron chi connectivity index (χ1n) is 3.96. The van der Waals surface area contributed by atoms with Crippen molar-refractivity contribution < 1.29 is 4.42 Å². The summed E-state index contributed by atoms with van der Waals surface area (Å²) < 4.78 is 6.29. The van der Waals surface area contributed by atoms with Gasteiger partial charge in [0.05, 0.1) is 4.47 Å². The number of hydrogen-bond acceptors (Lipinski definition) is 2. The molecule has 0 radical (unpaired) electrons. The summed E-state index contributed by atoms with van der Waals surface area (Å²) in [4.78, 5) is 0. The molecule has 0 fully saturated rings. The van der Waals surface area contributed by atoms with Crippen molar-refractivity contribution in [2.75, 3.05) is 6.54 Å². The Bertz CT molecular complexity index is 255. The Morgan fingerprint density at radius 3 is 2.67 bits per heavy atom. The lowest BCUT2D eigenvalue weighted by atomic mass is 9.88. The van der Waals surface area contributed by atoms with Crippen LogP contribution in [-0.4, -0.2) is 6.54 Å². The summed E-state index contributed by atoms with van der Waals surface area (Å²) in [6, 6.07) is 1.98. The highest BCUT2D eigenvalue weighted by Gasteiger charge is 2.18. The first-order chi connectivity index (χ1) is 5.53. The maximum atomic E-state index is 5.61. The molecule has 0 aliphatic carbocycles. The summed E-state index contributed by atoms with van der Waals surface area (Å²) in [5.41, 5.74) is 5.73. The SMILES string of the molecule is CC(C)(CN)Cc1cc(Br)co1. The fourth-order valence-electron chi connectivity index (χ4n) is 0.990. The summed E-state index contributed by atoms with van der Waals surface area (Å²) >= 11 is 3.34. The van der Waals surface area contributed by atoms with Gasteiger partial charge in [-0.15, -0.1) is 0 Å². The van der Waals surface area contributed by atoms with Gasteiger partial charge in [-0.1, -0.05) is 13.8 Å². The predicted molar refractivity (Wildman–Crippen MR) is 52.9 cm³/mol. The van der Waals surface area contributed by atoms with Crippen LogP contribution in [0.5, 0.6) is 0 Å². The van der Waals surface area contributed by atoms with Crippen LogP contribution in [0.2, 0.25) is 0 Å². The van der Waals surface area contributed by atoms with E-state index < -0.39 is 0 Å². The van der Waals surface area contributed by atoms with Crippen molar-refractivity contribution in [3.8, 4) is 0 Å². The molecule has 0 aliphatic heterocycles. The van der Waals surface area contributed by atoms with E-state index in [2.05, 4.69) is 29.8 Å². The summed E-state index contributed by atoms with van der Waals surface area (Å²) in [6.07, 6.45) is 2.58. The Kier molecular flexibility index (Phi) is 2.96. The molecule has 0 saturated carbocycles. The summed E-state index contributed by atoms with van der Waals surface area (Å²) in [7, 11) is 0. The minimum absolute atomic E-state index is 0.122. The topological polar surface area (TPSA) is 39.2 Å². The molecule has 0 aliphatic rings. The minimum atomic E-state index is 0.122. The van der Waals surface area contributed by atoms with Gasteiger partial charge < -0.3 is 10.2 Å². The molecule has 1 aromatic heterocycles. The van der Waals surface area contributed by atoms with Crippen LogP contribution in [0.15, 0.2) is 21.2 Å². The average molecular weight is 232 g/mol. The standard InChI is InChI=1S/C9H14BrNO/c1-9(2,6-11)4-8-3-7(10)5-12-8/h3,5H,4,6,11H2,1-2H3. The Labute approximate surface area is 81.3 Å². The maximum Gasteiger partial charge on any atom is 0.105 e. The highest BCUT2D eigenvalue weighted by atomic mass is 79.9. The van der Waals surface area contributed by atoms with Crippen molar-refractivity contribution in [3.05, 3.63) is 22.6 Å². The second-order valence-electron chi connectivity index (χ2n) is 3.78. The first kappa shape index (κ1) is 9.81. The van der Waals surface area contributed by atoms with E-state index in [1.165, 1.54) is 0 Å². The van der Waals surface area contributed by atoms with E-state index in [4.69, 9.17) is 10.2 Å². The first-order valence-corrected chi connectivity index (χ1v) is 4.76. The van der Waals surface area contributed by atoms with E-state index in [9.17, 15) is 0 Å². The molecular formula is C9H14BrNO. The molecule has 0 saturated heterocycles. The van der Waals surface area contributed by atoms with Crippen LogP contribution < -0.4 is 5.73 Å². The summed E-state index contributed by atoms with van der Waals surface area (Å²) in [5.74, 6) is 0.984. The zero-order valence-corrected chi connectivity index (χ0v) is 9.02. The Balaban J connectivity index is 2.63. The van der Waals surface area contributed by atoms with Crippen LogP contribution in [0.4, 0.5) is 0 Å². The van der Waals surface area contributed by atoms with E-state index in [1.54, 1.807) is 6.26 Å². The van der Waals surface area contributed by atoms with E-state index in [0.29, 0.717) is 6.54 Å². The van der Waals surface area contributed by atoms with Gasteiger partial charge in [-0.2, -0.15) is 0 Å². The molecular weight excluding hydrogens is 218 g/mol. The molecule has 2 N–H and O–H groups in total. The normalized spacial score (nSPS) is 12.0. The van der Waals surface area contributed by atoms with Gasteiger partial charge in [-0.05, 0) is 34.0 Å². The minimum Gasteiger partial charge on any atom is -0.468 e. The molecule has 1 rings (SSSR count). The highest BCUT2D eigenvalue weighted by Crippen LogP contribution is 2.23. The van der Waals surface area contributed by atoms with Gasteiger partial charge in [0.1, 0.15) is 12.0 Å². The third-order valence-corrected chi connectivity index (χ3v) is 2.24. The van der Waals surface area contributed by atoms with Crippen LogP contribution >= 0.6 is 15.9 Å². The predicted octanol–water partition coefficient (Wildman–Crippen LogP) is 2.57. The maximum absolute atomic E-state index is 5.61. The van der Waals surface area contributed by atoms with E-state index in [1.807, 2.05) is 6.07 Å². The number of halogens is 1. The van der Waals surface area contributed by atoms with Crippen LogP contribution in [0, 0.1) is 5.41 Å². The molecule has 1 heterocycles. The van der Waals surface area contributed by atoms with Crippen LogP contribution in [0.1, 0.15) is 19.6 Å². The van der Waals surface area contributed by atoms with Gasteiger partial charge in [0, 0.05) is 6.42 Å². The Morgan fingerprint density at radius 1 is 1.58 bits per heavy atom. The van der Waals surface area contributed by atoms with Crippen LogP contribution in [-0.2, 0) is 6.42 Å². The van der Waals surface area contributed by atoms with Gasteiger partial charge >= 0.3 is 0 Å². The van der Waals surface area contributed by atoms with Gasteiger partial charge in [-0.3, -0.25) is 0 Å². The van der Waals surface area contributed by atoms with Crippen LogP contribution in [0.25, 0.3) is 0 Å². The highest BCUT2D eigenvalue weighted by molar-refractivity contribution is 9.10. The second-order valence-corrected chi connectivity index (χ2v) is 4.69. The van der Waals surface area contributed by atoms with Gasteiger partial charge in [0.25, 0.3) is 0 Å². The molecule has 0 spiro atoms. The third-order valence-electron chi connectivity index (χ3n) is 1.83. The van der Waals surface area contributed by atoms with Crippen molar-refractivity contribution in [2.45, 2.75) is 20.3 Å². The lowest BCUT2D eigenvalue weighted by Crippen LogP contribution is -2.25. The number of rotatable bonds is 3. The molecule has 0 aromatic carbocycles. The lowest BCUT2D eigenvalue weighted by Gasteiger charge is -2.20. The number of furan rings is 1. The molecule has 68 valence electrons. The van der Waals surface area contributed by atoms with E-state index >= 15 is 0 Å². The molecule has 12 heavy (non-hydrogen) atoms. The monoisotopic (exact) mass is 231 g/mol. The van der Waals surface area contributed by atoms with Crippen molar-refractivity contribution >= 4 is 15.9 Å². The number of nitrogens with two attached hydrogens (primary N) is 1. The zero-order chi connectivity index (χ0) is 9.19. The third kappa shape index (κ3) is 2.64. The smallest absolute Gasteiger partial charge is 0.105 e. The second kappa shape index (κ2) is 3.62. The van der Waals surface area contributed by atoms with E-state index in [-0.39, 0.29) is 5.41 Å². The van der Waals surface area contributed by atoms with Gasteiger partial charge in [0.2, 0.25) is 0 Å². The fraction of sp³-hybridized carbons (Fsp3) is 0.556.